The summed E-state index contributed by atoms with van der Waals surface area (Å²) in [7, 11) is 0. The maximum absolute atomic E-state index is 6.01. The van der Waals surface area contributed by atoms with E-state index >= 15 is 0 Å². The van der Waals surface area contributed by atoms with Crippen LogP contribution in [0.15, 0.2) is 34.7 Å². The van der Waals surface area contributed by atoms with Gasteiger partial charge in [-0.2, -0.15) is 0 Å². The summed E-state index contributed by atoms with van der Waals surface area (Å²) < 4.78 is 6.01. The van der Waals surface area contributed by atoms with E-state index < -0.39 is 0 Å². The number of nitrogens with one attached hydrogen (secondary N) is 1. The van der Waals surface area contributed by atoms with Crippen molar-refractivity contribution in [1.82, 2.24) is 5.43 Å². The summed E-state index contributed by atoms with van der Waals surface area (Å²) in [5.41, 5.74) is 3.95. The molecule has 2 aromatic rings. The van der Waals surface area contributed by atoms with Gasteiger partial charge in [-0.1, -0.05) is 50.8 Å². The van der Waals surface area contributed by atoms with Crippen LogP contribution in [0.5, 0.6) is 0 Å². The van der Waals surface area contributed by atoms with Crippen LogP contribution in [0.4, 0.5) is 0 Å². The lowest BCUT2D eigenvalue weighted by molar-refractivity contribution is 0.201. The third kappa shape index (κ3) is 3.14. The molecule has 0 spiro atoms. The quantitative estimate of drug-likeness (QED) is 0.626. The Morgan fingerprint density at radius 1 is 1.24 bits per heavy atom. The van der Waals surface area contributed by atoms with Crippen molar-refractivity contribution in [3.63, 3.8) is 0 Å². The Bertz CT molecular complexity index is 536. The monoisotopic (exact) mass is 286 g/mol. The second kappa shape index (κ2) is 6.63. The average molecular weight is 286 g/mol. The molecule has 0 radical (unpaired) electrons. The van der Waals surface area contributed by atoms with E-state index in [9.17, 15) is 0 Å². The molecule has 1 heterocycles. The smallest absolute Gasteiger partial charge is 0.134 e. The third-order valence-corrected chi connectivity index (χ3v) is 4.99. The van der Waals surface area contributed by atoms with Crippen LogP contribution in [0.25, 0.3) is 11.0 Å². The van der Waals surface area contributed by atoms with Gasteiger partial charge in [0.2, 0.25) is 0 Å². The lowest BCUT2D eigenvalue weighted by Gasteiger charge is -2.32. The van der Waals surface area contributed by atoms with E-state index in [0.717, 1.165) is 22.6 Å². The van der Waals surface area contributed by atoms with Crippen molar-refractivity contribution in [2.24, 2.45) is 17.7 Å². The molecule has 0 aliphatic heterocycles. The zero-order chi connectivity index (χ0) is 14.7. The molecule has 1 fully saturated rings. The molecule has 1 aliphatic carbocycles. The first-order chi connectivity index (χ1) is 10.3. The molecular formula is C18H26N2O. The van der Waals surface area contributed by atoms with E-state index in [0.29, 0.717) is 5.92 Å². The molecule has 1 aliphatic rings. The first-order valence-corrected chi connectivity index (χ1v) is 8.26. The molecular weight excluding hydrogens is 260 g/mol. The molecule has 0 amide bonds. The van der Waals surface area contributed by atoms with E-state index in [1.807, 2.05) is 18.2 Å². The van der Waals surface area contributed by atoms with Crippen LogP contribution >= 0.6 is 0 Å². The molecule has 1 aromatic heterocycles. The van der Waals surface area contributed by atoms with E-state index in [-0.39, 0.29) is 6.04 Å². The second-order valence-corrected chi connectivity index (χ2v) is 6.40. The van der Waals surface area contributed by atoms with E-state index in [1.54, 1.807) is 0 Å². The molecule has 3 rings (SSSR count). The van der Waals surface area contributed by atoms with E-state index in [1.165, 1.54) is 38.5 Å². The van der Waals surface area contributed by atoms with Crippen LogP contribution in [-0.2, 0) is 0 Å². The Morgan fingerprint density at radius 2 is 2.00 bits per heavy atom. The third-order valence-electron chi connectivity index (χ3n) is 4.99. The second-order valence-electron chi connectivity index (χ2n) is 6.40. The fourth-order valence-corrected chi connectivity index (χ4v) is 3.82. The topological polar surface area (TPSA) is 51.2 Å². The van der Waals surface area contributed by atoms with Gasteiger partial charge in [0.05, 0.1) is 6.04 Å². The Kier molecular flexibility index (Phi) is 4.61. The van der Waals surface area contributed by atoms with Crippen molar-refractivity contribution in [3.8, 4) is 0 Å². The summed E-state index contributed by atoms with van der Waals surface area (Å²) in [6.45, 7) is 2.28. The fraction of sp³-hybridized carbons (Fsp3) is 0.556. The Balaban J connectivity index is 1.73. The van der Waals surface area contributed by atoms with Gasteiger partial charge >= 0.3 is 0 Å². The van der Waals surface area contributed by atoms with Gasteiger partial charge in [0.15, 0.2) is 0 Å². The maximum atomic E-state index is 6.01. The number of fused-ring (bicyclic) bond motifs is 1. The molecule has 3 heteroatoms. The van der Waals surface area contributed by atoms with Crippen molar-refractivity contribution < 1.29 is 4.42 Å². The molecule has 21 heavy (non-hydrogen) atoms. The molecule has 1 aromatic carbocycles. The van der Waals surface area contributed by atoms with Crippen molar-refractivity contribution in [1.29, 1.82) is 0 Å². The number of nitrogens with two attached hydrogens (primary N) is 1. The number of hydrogen-bond donors (Lipinski definition) is 2. The zero-order valence-corrected chi connectivity index (χ0v) is 12.8. The van der Waals surface area contributed by atoms with Crippen LogP contribution in [0, 0.1) is 11.8 Å². The van der Waals surface area contributed by atoms with Crippen LogP contribution in [0.2, 0.25) is 0 Å². The molecule has 3 nitrogen and oxygen atoms in total. The molecule has 0 bridgehead atoms. The molecule has 0 saturated heterocycles. The maximum Gasteiger partial charge on any atom is 0.134 e. The molecule has 1 unspecified atom stereocenters. The highest BCUT2D eigenvalue weighted by atomic mass is 16.3. The minimum atomic E-state index is 0.139. The summed E-state index contributed by atoms with van der Waals surface area (Å²) in [4.78, 5) is 0. The largest absolute Gasteiger partial charge is 0.459 e. The van der Waals surface area contributed by atoms with Gasteiger partial charge in [-0.25, -0.2) is 5.43 Å². The van der Waals surface area contributed by atoms with Gasteiger partial charge in [0, 0.05) is 5.39 Å². The molecule has 1 saturated carbocycles. The van der Waals surface area contributed by atoms with E-state index in [2.05, 4.69) is 24.5 Å². The van der Waals surface area contributed by atoms with Crippen molar-refractivity contribution in [2.45, 2.75) is 51.5 Å². The van der Waals surface area contributed by atoms with Crippen LogP contribution < -0.4 is 11.3 Å². The number of benzene rings is 1. The highest BCUT2D eigenvalue weighted by molar-refractivity contribution is 5.77. The fourth-order valence-electron chi connectivity index (χ4n) is 3.82. The average Bonchev–Trinajstić information content (AvgIpc) is 2.93. The highest BCUT2D eigenvalue weighted by Gasteiger charge is 2.29. The number of hydrogen-bond acceptors (Lipinski definition) is 3. The summed E-state index contributed by atoms with van der Waals surface area (Å²) in [5, 5.41) is 1.16. The number of hydrazine groups is 1. The Labute approximate surface area is 126 Å². The van der Waals surface area contributed by atoms with Gasteiger partial charge in [-0.15, -0.1) is 0 Å². The summed E-state index contributed by atoms with van der Waals surface area (Å²) in [6, 6.07) is 10.4. The first kappa shape index (κ1) is 14.6. The van der Waals surface area contributed by atoms with Crippen molar-refractivity contribution in [2.75, 3.05) is 0 Å². The summed E-state index contributed by atoms with van der Waals surface area (Å²) in [5.74, 6) is 8.33. The van der Waals surface area contributed by atoms with Crippen LogP contribution in [0.1, 0.15) is 57.3 Å². The predicted molar refractivity (Wildman–Crippen MR) is 86.6 cm³/mol. The minimum absolute atomic E-state index is 0.139. The standard InChI is InChI=1S/C18H26N2O/c1-2-5-13-8-10-14(11-9-13)18(20-19)17-12-15-6-3-4-7-16(15)21-17/h3-4,6-7,12-14,18,20H,2,5,8-11,19H2,1H3. The van der Waals surface area contributed by atoms with Crippen molar-refractivity contribution in [3.05, 3.63) is 36.1 Å². The number of para-hydroxylation sites is 1. The minimum Gasteiger partial charge on any atom is -0.459 e. The zero-order valence-electron chi connectivity index (χ0n) is 12.8. The number of rotatable bonds is 5. The summed E-state index contributed by atoms with van der Waals surface area (Å²) in [6.07, 6.45) is 7.83. The predicted octanol–water partition coefficient (Wildman–Crippen LogP) is 4.54. The highest BCUT2D eigenvalue weighted by Crippen LogP contribution is 2.39. The van der Waals surface area contributed by atoms with Gasteiger partial charge in [0.1, 0.15) is 11.3 Å². The molecule has 3 N–H and O–H groups in total. The van der Waals surface area contributed by atoms with E-state index in [4.69, 9.17) is 10.3 Å². The molecule has 1 atom stereocenters. The van der Waals surface area contributed by atoms with Gasteiger partial charge in [-0.3, -0.25) is 5.84 Å². The first-order valence-electron chi connectivity index (χ1n) is 8.26. The van der Waals surface area contributed by atoms with Crippen molar-refractivity contribution >= 4 is 11.0 Å². The van der Waals surface area contributed by atoms with Gasteiger partial charge < -0.3 is 4.42 Å². The lowest BCUT2D eigenvalue weighted by atomic mass is 9.76. The van der Waals surface area contributed by atoms with Gasteiger partial charge in [0.25, 0.3) is 0 Å². The SMILES string of the molecule is CCCC1CCC(C(NN)c2cc3ccccc3o2)CC1. The van der Waals surface area contributed by atoms with Gasteiger partial charge in [-0.05, 0) is 36.8 Å². The number of furan rings is 1. The van der Waals surface area contributed by atoms with Crippen LogP contribution in [-0.4, -0.2) is 0 Å². The van der Waals surface area contributed by atoms with Crippen LogP contribution in [0.3, 0.4) is 0 Å². The summed E-state index contributed by atoms with van der Waals surface area (Å²) >= 11 is 0. The Hall–Kier alpha value is -1.32. The normalized spacial score (nSPS) is 24.3. The Morgan fingerprint density at radius 3 is 2.67 bits per heavy atom. The lowest BCUT2D eigenvalue weighted by Crippen LogP contribution is -2.35. The molecule has 114 valence electrons.